The second kappa shape index (κ2) is 11.1. The molecule has 3 aromatic carbocycles. The number of benzene rings is 3. The van der Waals surface area contributed by atoms with Crippen LogP contribution in [0.15, 0.2) is 89.8 Å². The fourth-order valence-corrected chi connectivity index (χ4v) is 5.76. The largest absolute Gasteiger partial charge is 0.870 e. The Morgan fingerprint density at radius 1 is 0.781 bits per heavy atom. The highest BCUT2D eigenvalue weighted by Crippen LogP contribution is 2.35. The molecule has 0 amide bonds. The van der Waals surface area contributed by atoms with E-state index in [1.807, 2.05) is 36.4 Å². The highest BCUT2D eigenvalue weighted by atomic mass is 35.5. The number of rotatable bonds is 9. The Morgan fingerprint density at radius 2 is 1.31 bits per heavy atom. The molecule has 3 aromatic rings. The summed E-state index contributed by atoms with van der Waals surface area (Å²) in [5.41, 5.74) is 3.24. The summed E-state index contributed by atoms with van der Waals surface area (Å²) in [6.45, 7) is 0.912. The van der Waals surface area contributed by atoms with Crippen LogP contribution in [0.5, 0.6) is 0 Å². The minimum absolute atomic E-state index is 0. The van der Waals surface area contributed by atoms with Crippen molar-refractivity contribution >= 4 is 21.4 Å². The van der Waals surface area contributed by atoms with Crippen LogP contribution in [0.2, 0.25) is 0 Å². The number of nitrogens with zero attached hydrogens (tertiary/aromatic N) is 1. The Bertz CT molecular complexity index is 1060. The first-order chi connectivity index (χ1) is 14.6. The number of hydrogen-bond acceptors (Lipinski definition) is 3. The second-order valence-corrected chi connectivity index (χ2v) is 11.7. The summed E-state index contributed by atoms with van der Waals surface area (Å²) in [5.74, 6) is -0.173. The van der Waals surface area contributed by atoms with Crippen LogP contribution in [0.1, 0.15) is 34.4 Å². The smallest absolute Gasteiger partial charge is 0.178 e. The van der Waals surface area contributed by atoms with Gasteiger partial charge in [-0.15, -0.1) is 11.6 Å². The summed E-state index contributed by atoms with van der Waals surface area (Å²) in [7, 11) is 3.03. The van der Waals surface area contributed by atoms with E-state index in [0.29, 0.717) is 11.3 Å². The van der Waals surface area contributed by atoms with Gasteiger partial charge in [0.05, 0.1) is 37.2 Å². The van der Waals surface area contributed by atoms with Crippen molar-refractivity contribution in [2.24, 2.45) is 0 Å². The summed E-state index contributed by atoms with van der Waals surface area (Å²) in [4.78, 5) is 0.354. The average Bonchev–Trinajstić information content (AvgIpc) is 2.74. The van der Waals surface area contributed by atoms with Gasteiger partial charge in [0.1, 0.15) is 6.54 Å². The number of quaternary nitrogens is 1. The fourth-order valence-electron chi connectivity index (χ4n) is 3.78. The van der Waals surface area contributed by atoms with Crippen LogP contribution in [0.25, 0.3) is 0 Å². The van der Waals surface area contributed by atoms with E-state index in [4.69, 9.17) is 11.6 Å². The zero-order chi connectivity index (χ0) is 22.5. The highest BCUT2D eigenvalue weighted by molar-refractivity contribution is 7.91. The molecule has 4 nitrogen and oxygen atoms in total. The van der Waals surface area contributed by atoms with E-state index in [9.17, 15) is 8.42 Å². The Labute approximate surface area is 197 Å². The Kier molecular flexibility index (Phi) is 9.05. The molecule has 0 aromatic heterocycles. The van der Waals surface area contributed by atoms with E-state index >= 15 is 0 Å². The van der Waals surface area contributed by atoms with Crippen molar-refractivity contribution in [3.63, 3.8) is 0 Å². The third kappa shape index (κ3) is 7.45. The van der Waals surface area contributed by atoms with Crippen LogP contribution >= 0.6 is 11.6 Å². The molecule has 3 rings (SSSR count). The van der Waals surface area contributed by atoms with Crippen LogP contribution in [0, 0.1) is 0 Å². The lowest BCUT2D eigenvalue weighted by molar-refractivity contribution is -0.884. The van der Waals surface area contributed by atoms with E-state index in [1.165, 1.54) is 5.56 Å². The van der Waals surface area contributed by atoms with Crippen LogP contribution in [-0.4, -0.2) is 45.3 Å². The number of sulfone groups is 1. The van der Waals surface area contributed by atoms with Gasteiger partial charge in [0.25, 0.3) is 0 Å². The molecule has 0 saturated heterocycles. The Balaban J connectivity index is 0.00000363. The van der Waals surface area contributed by atoms with E-state index < -0.39 is 9.84 Å². The molecule has 0 aliphatic rings. The van der Waals surface area contributed by atoms with Crippen molar-refractivity contribution in [1.82, 2.24) is 0 Å². The van der Waals surface area contributed by atoms with Crippen LogP contribution in [0.4, 0.5) is 0 Å². The number of alkyl halides is 1. The monoisotopic (exact) mass is 473 g/mol. The van der Waals surface area contributed by atoms with Crippen LogP contribution < -0.4 is 0 Å². The molecule has 0 radical (unpaired) electrons. The molecule has 2 atom stereocenters. The summed E-state index contributed by atoms with van der Waals surface area (Å²) in [5, 5.41) is -0.261. The van der Waals surface area contributed by atoms with Crippen molar-refractivity contribution in [2.45, 2.75) is 29.2 Å². The minimum atomic E-state index is -3.44. The lowest BCUT2D eigenvalue weighted by Gasteiger charge is -2.25. The molecular formula is C26H32ClNO3S. The lowest BCUT2D eigenvalue weighted by Crippen LogP contribution is -2.33. The molecule has 0 fully saturated rings. The van der Waals surface area contributed by atoms with Gasteiger partial charge >= 0.3 is 0 Å². The molecule has 1 N–H and O–H groups in total. The highest BCUT2D eigenvalue weighted by Gasteiger charge is 2.26. The topological polar surface area (TPSA) is 64.1 Å². The quantitative estimate of drug-likeness (QED) is 0.298. The summed E-state index contributed by atoms with van der Waals surface area (Å²) in [6.07, 6.45) is 0.548. The molecule has 0 spiro atoms. The zero-order valence-corrected chi connectivity index (χ0v) is 20.4. The van der Waals surface area contributed by atoms with Crippen molar-refractivity contribution in [2.75, 3.05) is 26.9 Å². The molecule has 32 heavy (non-hydrogen) atoms. The summed E-state index contributed by atoms with van der Waals surface area (Å²) in [6, 6.07) is 26.8. The van der Waals surface area contributed by atoms with Gasteiger partial charge in [-0.3, -0.25) is 0 Å². The summed E-state index contributed by atoms with van der Waals surface area (Å²) < 4.78 is 27.1. The van der Waals surface area contributed by atoms with Crippen LogP contribution in [-0.2, 0) is 16.4 Å². The standard InChI is InChI=1S/C26H31ClNO2S.H2O/c1-28(2,3)19-21-14-16-22(17-15-21)24(18-26(27)23-10-6-4-7-11-23)20-31(29,30)25-12-8-5-9-13-25;/h4-17,24,26H,18-20H2,1-3H3;1H2/q+1;/p-1. The van der Waals surface area contributed by atoms with E-state index in [-0.39, 0.29) is 22.5 Å². The molecule has 0 aliphatic carbocycles. The molecule has 2 unspecified atom stereocenters. The SMILES string of the molecule is C[N+](C)(C)Cc1ccc(C(CC(Cl)c2ccccc2)CS(=O)(=O)c2ccccc2)cc1.[OH-]. The molecule has 0 heterocycles. The van der Waals surface area contributed by atoms with Gasteiger partial charge in [-0.25, -0.2) is 8.42 Å². The third-order valence-corrected chi connectivity index (χ3v) is 7.55. The molecular weight excluding hydrogens is 442 g/mol. The zero-order valence-electron chi connectivity index (χ0n) is 18.9. The number of halogens is 1. The van der Waals surface area contributed by atoms with Gasteiger partial charge in [0, 0.05) is 5.56 Å². The van der Waals surface area contributed by atoms with Crippen molar-refractivity contribution in [1.29, 1.82) is 0 Å². The first-order valence-corrected chi connectivity index (χ1v) is 12.6. The van der Waals surface area contributed by atoms with Crippen LogP contribution in [0.3, 0.4) is 0 Å². The predicted octanol–water partition coefficient (Wildman–Crippen LogP) is 5.64. The molecule has 0 aliphatic heterocycles. The minimum Gasteiger partial charge on any atom is -0.870 e. The van der Waals surface area contributed by atoms with Crippen molar-refractivity contribution in [3.05, 3.63) is 102 Å². The fraction of sp³-hybridized carbons (Fsp3) is 0.308. The predicted molar refractivity (Wildman–Crippen MR) is 131 cm³/mol. The van der Waals surface area contributed by atoms with Gasteiger partial charge < -0.3 is 9.96 Å². The summed E-state index contributed by atoms with van der Waals surface area (Å²) >= 11 is 6.75. The molecule has 0 bridgehead atoms. The van der Waals surface area contributed by atoms with Gasteiger partial charge in [-0.05, 0) is 35.6 Å². The maximum atomic E-state index is 13.1. The average molecular weight is 474 g/mol. The van der Waals surface area contributed by atoms with Gasteiger partial charge in [0.15, 0.2) is 9.84 Å². The lowest BCUT2D eigenvalue weighted by atomic mass is 9.93. The Hall–Kier alpha value is -2.18. The van der Waals surface area contributed by atoms with Gasteiger partial charge in [-0.2, -0.15) is 0 Å². The molecule has 172 valence electrons. The second-order valence-electron chi connectivity index (χ2n) is 9.10. The van der Waals surface area contributed by atoms with E-state index in [2.05, 4.69) is 45.4 Å². The maximum absolute atomic E-state index is 13.1. The molecule has 6 heteroatoms. The maximum Gasteiger partial charge on any atom is 0.178 e. The normalized spacial score (nSPS) is 13.8. The first kappa shape index (κ1) is 26.1. The van der Waals surface area contributed by atoms with Crippen molar-refractivity contribution in [3.8, 4) is 0 Å². The third-order valence-electron chi connectivity index (χ3n) is 5.28. The van der Waals surface area contributed by atoms with E-state index in [1.54, 1.807) is 24.3 Å². The van der Waals surface area contributed by atoms with Gasteiger partial charge in [-0.1, -0.05) is 72.8 Å². The van der Waals surface area contributed by atoms with E-state index in [0.717, 1.165) is 22.2 Å². The van der Waals surface area contributed by atoms with Crippen molar-refractivity contribution < 1.29 is 18.4 Å². The Morgan fingerprint density at radius 3 is 1.84 bits per heavy atom. The number of hydrogen-bond donors (Lipinski definition) is 0. The molecule has 0 saturated carbocycles. The van der Waals surface area contributed by atoms with Gasteiger partial charge in [0.2, 0.25) is 0 Å². The first-order valence-electron chi connectivity index (χ1n) is 10.5.